The van der Waals surface area contributed by atoms with E-state index in [1.807, 2.05) is 11.9 Å². The van der Waals surface area contributed by atoms with Gasteiger partial charge >= 0.3 is 0 Å². The van der Waals surface area contributed by atoms with Crippen molar-refractivity contribution in [2.75, 3.05) is 26.7 Å². The number of hydrogen-bond donors (Lipinski definition) is 1. The van der Waals surface area contributed by atoms with Gasteiger partial charge in [-0.3, -0.25) is 4.79 Å². The quantitative estimate of drug-likeness (QED) is 0.648. The first kappa shape index (κ1) is 11.1. The van der Waals surface area contributed by atoms with Crippen LogP contribution in [0.2, 0.25) is 0 Å². The van der Waals surface area contributed by atoms with E-state index in [-0.39, 0.29) is 5.91 Å². The van der Waals surface area contributed by atoms with Crippen molar-refractivity contribution in [1.29, 1.82) is 0 Å². The monoisotopic (exact) mass is 194 g/mol. The third-order valence-corrected chi connectivity index (χ3v) is 2.53. The number of nitrogens with one attached hydrogen (secondary N) is 1. The molecule has 0 radical (unpaired) electrons. The van der Waals surface area contributed by atoms with Crippen molar-refractivity contribution in [2.24, 2.45) is 5.92 Å². The summed E-state index contributed by atoms with van der Waals surface area (Å²) in [6.45, 7) is 4.42. The van der Waals surface area contributed by atoms with E-state index in [1.54, 1.807) is 6.92 Å². The smallest absolute Gasteiger partial charge is 0.298 e. The van der Waals surface area contributed by atoms with Crippen LogP contribution >= 0.6 is 0 Å². The lowest BCUT2D eigenvalue weighted by Gasteiger charge is -2.31. The summed E-state index contributed by atoms with van der Waals surface area (Å²) in [4.78, 5) is 13.3. The van der Waals surface area contributed by atoms with E-state index in [4.69, 9.17) is 0 Å². The minimum Gasteiger partial charge on any atom is -0.332 e. The van der Waals surface area contributed by atoms with Gasteiger partial charge in [0.15, 0.2) is 0 Å². The summed E-state index contributed by atoms with van der Waals surface area (Å²) in [5.74, 6) is 5.82. The van der Waals surface area contributed by atoms with E-state index in [0.29, 0.717) is 5.92 Å². The number of likely N-dealkylation sites (tertiary alicyclic amines) is 1. The highest BCUT2D eigenvalue weighted by Crippen LogP contribution is 2.15. The number of carbonyl (C=O) groups is 1. The molecule has 1 amide bonds. The number of piperidine rings is 1. The van der Waals surface area contributed by atoms with Crippen molar-refractivity contribution in [2.45, 2.75) is 19.8 Å². The first-order valence-corrected chi connectivity index (χ1v) is 5.14. The Balaban J connectivity index is 2.45. The molecule has 3 nitrogen and oxygen atoms in total. The van der Waals surface area contributed by atoms with Crippen molar-refractivity contribution >= 4 is 5.91 Å². The maximum absolute atomic E-state index is 11.5. The molecule has 78 valence electrons. The van der Waals surface area contributed by atoms with Gasteiger partial charge in [0.1, 0.15) is 0 Å². The van der Waals surface area contributed by atoms with Crippen molar-refractivity contribution in [3.8, 4) is 11.8 Å². The molecule has 1 atom stereocenters. The van der Waals surface area contributed by atoms with Crippen LogP contribution in [0.5, 0.6) is 0 Å². The Bertz CT molecular complexity index is 250. The lowest BCUT2D eigenvalue weighted by Crippen LogP contribution is -2.41. The molecule has 3 heteroatoms. The van der Waals surface area contributed by atoms with E-state index < -0.39 is 0 Å². The average Bonchev–Trinajstić information content (AvgIpc) is 2.19. The van der Waals surface area contributed by atoms with Gasteiger partial charge in [0.2, 0.25) is 0 Å². The maximum atomic E-state index is 11.5. The molecule has 1 N–H and O–H groups in total. The minimum absolute atomic E-state index is 0.0201. The van der Waals surface area contributed by atoms with Crippen molar-refractivity contribution in [3.63, 3.8) is 0 Å². The van der Waals surface area contributed by atoms with Gasteiger partial charge in [-0.1, -0.05) is 5.92 Å². The molecule has 1 aliphatic rings. The number of carbonyl (C=O) groups excluding carboxylic acids is 1. The zero-order chi connectivity index (χ0) is 10.4. The average molecular weight is 194 g/mol. The third-order valence-electron chi connectivity index (χ3n) is 2.53. The number of amides is 1. The van der Waals surface area contributed by atoms with Crippen LogP contribution in [-0.4, -0.2) is 37.5 Å². The maximum Gasteiger partial charge on any atom is 0.298 e. The van der Waals surface area contributed by atoms with Gasteiger partial charge in [0.25, 0.3) is 5.91 Å². The predicted molar refractivity (Wildman–Crippen MR) is 56.7 cm³/mol. The molecule has 0 saturated carbocycles. The van der Waals surface area contributed by atoms with Gasteiger partial charge in [-0.05, 0) is 45.2 Å². The molecule has 1 rings (SSSR count). The van der Waals surface area contributed by atoms with Crippen molar-refractivity contribution in [1.82, 2.24) is 10.2 Å². The van der Waals surface area contributed by atoms with Gasteiger partial charge in [-0.15, -0.1) is 0 Å². The summed E-state index contributed by atoms with van der Waals surface area (Å²) in [7, 11) is 1.95. The van der Waals surface area contributed by atoms with Crippen LogP contribution < -0.4 is 5.32 Å². The fourth-order valence-electron chi connectivity index (χ4n) is 1.89. The molecule has 1 heterocycles. The van der Waals surface area contributed by atoms with Crippen molar-refractivity contribution in [3.05, 3.63) is 0 Å². The van der Waals surface area contributed by atoms with E-state index in [0.717, 1.165) is 26.1 Å². The van der Waals surface area contributed by atoms with Crippen LogP contribution in [0.1, 0.15) is 19.8 Å². The first-order valence-electron chi connectivity index (χ1n) is 5.14. The second kappa shape index (κ2) is 5.66. The lowest BCUT2D eigenvalue weighted by atomic mass is 9.98. The summed E-state index contributed by atoms with van der Waals surface area (Å²) >= 11 is 0. The van der Waals surface area contributed by atoms with Gasteiger partial charge < -0.3 is 10.2 Å². The fraction of sp³-hybridized carbons (Fsp3) is 0.727. The van der Waals surface area contributed by atoms with E-state index in [1.165, 1.54) is 6.42 Å². The molecule has 1 unspecified atom stereocenters. The molecule has 0 aromatic heterocycles. The van der Waals surface area contributed by atoms with Gasteiger partial charge in [0.05, 0.1) is 0 Å². The Morgan fingerprint density at radius 1 is 1.64 bits per heavy atom. The van der Waals surface area contributed by atoms with Gasteiger partial charge in [-0.25, -0.2) is 0 Å². The first-order chi connectivity index (χ1) is 6.77. The predicted octanol–water partition coefficient (Wildman–Crippen LogP) is 0.468. The summed E-state index contributed by atoms with van der Waals surface area (Å²) in [6.07, 6.45) is 2.31. The molecule has 1 fully saturated rings. The summed E-state index contributed by atoms with van der Waals surface area (Å²) in [5, 5.41) is 3.15. The van der Waals surface area contributed by atoms with Crippen LogP contribution in [0.25, 0.3) is 0 Å². The molecule has 0 aromatic carbocycles. The molecule has 1 saturated heterocycles. The number of nitrogens with zero attached hydrogens (tertiary/aromatic N) is 1. The number of rotatable bonds is 2. The van der Waals surface area contributed by atoms with Crippen LogP contribution in [-0.2, 0) is 4.79 Å². The third kappa shape index (κ3) is 3.04. The summed E-state index contributed by atoms with van der Waals surface area (Å²) in [6, 6.07) is 0. The molecule has 0 aromatic rings. The highest BCUT2D eigenvalue weighted by atomic mass is 16.2. The Hall–Kier alpha value is -1.01. The molecule has 0 spiro atoms. The summed E-state index contributed by atoms with van der Waals surface area (Å²) in [5.41, 5.74) is 0. The molecule has 0 aliphatic carbocycles. The molecular weight excluding hydrogens is 176 g/mol. The van der Waals surface area contributed by atoms with E-state index >= 15 is 0 Å². The van der Waals surface area contributed by atoms with Crippen LogP contribution in [0, 0.1) is 17.8 Å². The Morgan fingerprint density at radius 2 is 2.43 bits per heavy atom. The van der Waals surface area contributed by atoms with Crippen molar-refractivity contribution < 1.29 is 4.79 Å². The Labute approximate surface area is 85.9 Å². The molecule has 14 heavy (non-hydrogen) atoms. The second-order valence-electron chi connectivity index (χ2n) is 3.69. The van der Waals surface area contributed by atoms with Gasteiger partial charge in [0, 0.05) is 13.1 Å². The zero-order valence-corrected chi connectivity index (χ0v) is 8.97. The highest BCUT2D eigenvalue weighted by molar-refractivity contribution is 5.93. The fourth-order valence-corrected chi connectivity index (χ4v) is 1.89. The standard InChI is InChI=1S/C11H18N2O/c1-3-5-11(14)13-7-4-6-10(9-13)8-12-2/h10,12H,4,6-9H2,1-2H3. The zero-order valence-electron chi connectivity index (χ0n) is 8.97. The van der Waals surface area contributed by atoms with Crippen LogP contribution in [0.3, 0.4) is 0 Å². The lowest BCUT2D eigenvalue weighted by molar-refractivity contribution is -0.126. The number of hydrogen-bond acceptors (Lipinski definition) is 2. The minimum atomic E-state index is -0.0201. The van der Waals surface area contributed by atoms with Gasteiger partial charge in [-0.2, -0.15) is 0 Å². The van der Waals surface area contributed by atoms with E-state index in [9.17, 15) is 4.79 Å². The summed E-state index contributed by atoms with van der Waals surface area (Å²) < 4.78 is 0. The normalized spacial score (nSPS) is 21.3. The Morgan fingerprint density at radius 3 is 3.07 bits per heavy atom. The highest BCUT2D eigenvalue weighted by Gasteiger charge is 2.21. The topological polar surface area (TPSA) is 32.3 Å². The second-order valence-corrected chi connectivity index (χ2v) is 3.69. The van der Waals surface area contributed by atoms with Crippen LogP contribution in [0.15, 0.2) is 0 Å². The largest absolute Gasteiger partial charge is 0.332 e. The van der Waals surface area contributed by atoms with Crippen LogP contribution in [0.4, 0.5) is 0 Å². The Kier molecular flexibility index (Phi) is 4.48. The SMILES string of the molecule is CC#CC(=O)N1CCCC(CNC)C1. The molecule has 0 bridgehead atoms. The molecule has 1 aliphatic heterocycles. The molecular formula is C11H18N2O. The van der Waals surface area contributed by atoms with E-state index in [2.05, 4.69) is 17.2 Å².